The fraction of sp³-hybridized carbons (Fsp3) is 0.412. The Morgan fingerprint density at radius 2 is 2.00 bits per heavy atom. The van der Waals surface area contributed by atoms with E-state index in [0.29, 0.717) is 11.3 Å². The lowest BCUT2D eigenvalue weighted by Crippen LogP contribution is -2.41. The van der Waals surface area contributed by atoms with Gasteiger partial charge in [-0.25, -0.2) is 0 Å². The van der Waals surface area contributed by atoms with E-state index in [1.807, 2.05) is 45.0 Å². The number of thioether (sulfide) groups is 1. The topological polar surface area (TPSA) is 50.2 Å². The number of hydrogen-bond acceptors (Lipinski definition) is 5. The molecule has 0 fully saturated rings. The van der Waals surface area contributed by atoms with E-state index < -0.39 is 5.60 Å². The van der Waals surface area contributed by atoms with Gasteiger partial charge in [0.05, 0.1) is 10.4 Å². The number of nitrogens with zero attached hydrogens (tertiary/aromatic N) is 1. The van der Waals surface area contributed by atoms with E-state index in [1.54, 1.807) is 18.6 Å². The SMILES string of the molecule is CC(=O)c1ccccc1SCC(O)(c1cncs1)C(C)(C)C. The highest BCUT2D eigenvalue weighted by atomic mass is 32.2. The van der Waals surface area contributed by atoms with Gasteiger partial charge in [0.25, 0.3) is 0 Å². The summed E-state index contributed by atoms with van der Waals surface area (Å²) in [4.78, 5) is 17.6. The number of carbonyl (C=O) groups excluding carboxylic acids is 1. The first-order chi connectivity index (χ1) is 10.3. The molecule has 2 rings (SSSR count). The van der Waals surface area contributed by atoms with Crippen molar-refractivity contribution in [1.29, 1.82) is 0 Å². The maximum absolute atomic E-state index is 11.7. The minimum absolute atomic E-state index is 0.0418. The van der Waals surface area contributed by atoms with Crippen molar-refractivity contribution in [2.75, 3.05) is 5.75 Å². The van der Waals surface area contributed by atoms with Crippen LogP contribution in [0.25, 0.3) is 0 Å². The zero-order chi connectivity index (χ0) is 16.4. The lowest BCUT2D eigenvalue weighted by atomic mass is 9.77. The molecule has 5 heteroatoms. The number of benzene rings is 1. The molecule has 1 aromatic carbocycles. The Morgan fingerprint density at radius 1 is 1.32 bits per heavy atom. The number of ketones is 1. The highest BCUT2D eigenvalue weighted by Gasteiger charge is 2.43. The number of hydrogen-bond donors (Lipinski definition) is 1. The summed E-state index contributed by atoms with van der Waals surface area (Å²) in [5, 5.41) is 11.3. The van der Waals surface area contributed by atoms with Gasteiger partial charge in [-0.15, -0.1) is 23.1 Å². The van der Waals surface area contributed by atoms with Crippen LogP contribution in [0.3, 0.4) is 0 Å². The molecule has 1 N–H and O–H groups in total. The molecule has 1 aromatic heterocycles. The van der Waals surface area contributed by atoms with E-state index in [4.69, 9.17) is 0 Å². The van der Waals surface area contributed by atoms with Gasteiger partial charge in [-0.2, -0.15) is 0 Å². The van der Waals surface area contributed by atoms with Gasteiger partial charge >= 0.3 is 0 Å². The summed E-state index contributed by atoms with van der Waals surface area (Å²) < 4.78 is 0. The molecule has 118 valence electrons. The molecule has 1 unspecified atom stereocenters. The first kappa shape index (κ1) is 17.2. The van der Waals surface area contributed by atoms with Gasteiger partial charge in [0.2, 0.25) is 0 Å². The van der Waals surface area contributed by atoms with Gasteiger partial charge in [0.15, 0.2) is 5.78 Å². The van der Waals surface area contributed by atoms with Gasteiger partial charge < -0.3 is 5.11 Å². The Kier molecular flexibility index (Phi) is 5.10. The van der Waals surface area contributed by atoms with Gasteiger partial charge in [-0.3, -0.25) is 9.78 Å². The fourth-order valence-corrected chi connectivity index (χ4v) is 4.66. The summed E-state index contributed by atoms with van der Waals surface area (Å²) in [6, 6.07) is 7.53. The first-order valence-electron chi connectivity index (χ1n) is 7.10. The molecule has 0 aliphatic carbocycles. The van der Waals surface area contributed by atoms with E-state index in [2.05, 4.69) is 4.98 Å². The third-order valence-corrected chi connectivity index (χ3v) is 5.94. The molecule has 22 heavy (non-hydrogen) atoms. The normalized spacial score (nSPS) is 14.6. The Hall–Kier alpha value is -1.17. The molecule has 3 nitrogen and oxygen atoms in total. The minimum Gasteiger partial charge on any atom is -0.383 e. The van der Waals surface area contributed by atoms with Gasteiger partial charge in [-0.05, 0) is 18.4 Å². The van der Waals surface area contributed by atoms with Crippen LogP contribution in [0.2, 0.25) is 0 Å². The quantitative estimate of drug-likeness (QED) is 0.651. The highest BCUT2D eigenvalue weighted by molar-refractivity contribution is 7.99. The molecule has 1 atom stereocenters. The zero-order valence-electron chi connectivity index (χ0n) is 13.3. The molecular formula is C17H21NO2S2. The lowest BCUT2D eigenvalue weighted by Gasteiger charge is -2.39. The standard InChI is InChI=1S/C17H21NO2S2/c1-12(19)13-7-5-6-8-14(13)21-10-17(20,16(2,3)4)15-9-18-11-22-15/h5-9,11,20H,10H2,1-4H3. The molecule has 1 heterocycles. The second-order valence-electron chi connectivity index (χ2n) is 6.32. The fourth-order valence-electron chi connectivity index (χ4n) is 2.14. The monoisotopic (exact) mass is 335 g/mol. The second kappa shape index (κ2) is 6.52. The average Bonchev–Trinajstić information content (AvgIpc) is 2.98. The molecule has 0 radical (unpaired) electrons. The molecule has 2 aromatic rings. The van der Waals surface area contributed by atoms with Gasteiger partial charge in [0.1, 0.15) is 5.60 Å². The van der Waals surface area contributed by atoms with Crippen molar-refractivity contribution < 1.29 is 9.90 Å². The van der Waals surface area contributed by atoms with E-state index in [1.165, 1.54) is 23.1 Å². The smallest absolute Gasteiger partial charge is 0.160 e. The third-order valence-electron chi connectivity index (χ3n) is 3.78. The number of thiazole rings is 1. The van der Waals surface area contributed by atoms with E-state index in [-0.39, 0.29) is 11.2 Å². The molecule has 0 aliphatic heterocycles. The van der Waals surface area contributed by atoms with Crippen molar-refractivity contribution in [3.05, 3.63) is 46.4 Å². The second-order valence-corrected chi connectivity index (χ2v) is 8.22. The van der Waals surface area contributed by atoms with Crippen LogP contribution in [0, 0.1) is 5.41 Å². The van der Waals surface area contributed by atoms with Crippen molar-refractivity contribution in [2.24, 2.45) is 5.41 Å². The van der Waals surface area contributed by atoms with Crippen molar-refractivity contribution >= 4 is 28.9 Å². The summed E-state index contributed by atoms with van der Waals surface area (Å²) in [6.07, 6.45) is 1.73. The summed E-state index contributed by atoms with van der Waals surface area (Å²) in [7, 11) is 0. The van der Waals surface area contributed by atoms with Crippen LogP contribution in [-0.4, -0.2) is 21.6 Å². The summed E-state index contributed by atoms with van der Waals surface area (Å²) >= 11 is 2.98. The first-order valence-corrected chi connectivity index (χ1v) is 8.96. The van der Waals surface area contributed by atoms with Crippen LogP contribution < -0.4 is 0 Å². The number of rotatable bonds is 5. The molecule has 0 spiro atoms. The number of Topliss-reactive ketones (excluding diaryl/α,β-unsaturated/α-hetero) is 1. The summed E-state index contributed by atoms with van der Waals surface area (Å²) in [5.74, 6) is 0.517. The Balaban J connectivity index is 2.30. The summed E-state index contributed by atoms with van der Waals surface area (Å²) in [6.45, 7) is 7.62. The Bertz CT molecular complexity index is 647. The van der Waals surface area contributed by atoms with Crippen LogP contribution in [-0.2, 0) is 5.60 Å². The van der Waals surface area contributed by atoms with Crippen molar-refractivity contribution in [2.45, 2.75) is 38.2 Å². The number of carbonyl (C=O) groups is 1. The lowest BCUT2D eigenvalue weighted by molar-refractivity contribution is -0.0392. The van der Waals surface area contributed by atoms with Crippen LogP contribution in [0.15, 0.2) is 40.9 Å². The van der Waals surface area contributed by atoms with E-state index in [0.717, 1.165) is 9.77 Å². The maximum atomic E-state index is 11.7. The maximum Gasteiger partial charge on any atom is 0.160 e. The molecular weight excluding hydrogens is 314 g/mol. The minimum atomic E-state index is -0.997. The molecule has 0 amide bonds. The van der Waals surface area contributed by atoms with Gasteiger partial charge in [-0.1, -0.05) is 39.0 Å². The molecule has 0 saturated heterocycles. The van der Waals surface area contributed by atoms with Crippen LogP contribution in [0.4, 0.5) is 0 Å². The van der Waals surface area contributed by atoms with Crippen LogP contribution in [0.1, 0.15) is 42.9 Å². The largest absolute Gasteiger partial charge is 0.383 e. The van der Waals surface area contributed by atoms with Crippen molar-refractivity contribution in [1.82, 2.24) is 4.98 Å². The Labute approximate surface area is 139 Å². The van der Waals surface area contributed by atoms with E-state index >= 15 is 0 Å². The van der Waals surface area contributed by atoms with E-state index in [9.17, 15) is 9.90 Å². The molecule has 0 aliphatic rings. The third kappa shape index (κ3) is 3.42. The predicted octanol–water partition coefficient (Wildman–Crippen LogP) is 4.37. The van der Waals surface area contributed by atoms with Crippen molar-refractivity contribution in [3.63, 3.8) is 0 Å². The average molecular weight is 335 g/mol. The Morgan fingerprint density at radius 3 is 2.55 bits per heavy atom. The van der Waals surface area contributed by atoms with Crippen LogP contribution in [0.5, 0.6) is 0 Å². The van der Waals surface area contributed by atoms with Gasteiger partial charge in [0, 0.05) is 22.4 Å². The highest BCUT2D eigenvalue weighted by Crippen LogP contribution is 2.44. The predicted molar refractivity (Wildman–Crippen MR) is 92.6 cm³/mol. The van der Waals surface area contributed by atoms with Crippen LogP contribution >= 0.6 is 23.1 Å². The molecule has 0 bridgehead atoms. The summed E-state index contributed by atoms with van der Waals surface area (Å²) in [5.41, 5.74) is 1.11. The molecule has 0 saturated carbocycles. The zero-order valence-corrected chi connectivity index (χ0v) is 14.9. The number of aliphatic hydroxyl groups is 1. The number of aromatic nitrogens is 1. The van der Waals surface area contributed by atoms with Crippen molar-refractivity contribution in [3.8, 4) is 0 Å².